The summed E-state index contributed by atoms with van der Waals surface area (Å²) in [7, 11) is 0. The van der Waals surface area contributed by atoms with Gasteiger partial charge in [-0.3, -0.25) is 4.99 Å². The molecule has 1 aromatic heterocycles. The fourth-order valence-electron chi connectivity index (χ4n) is 2.57. The molecule has 1 unspecified atom stereocenters. The molecule has 0 aliphatic heterocycles. The van der Waals surface area contributed by atoms with Crippen LogP contribution in [-0.4, -0.2) is 54.6 Å². The van der Waals surface area contributed by atoms with Crippen molar-refractivity contribution in [3.63, 3.8) is 0 Å². The molecule has 0 aliphatic carbocycles. The first-order valence-electron chi connectivity index (χ1n) is 9.27. The Bertz CT molecular complexity index is 474. The summed E-state index contributed by atoms with van der Waals surface area (Å²) in [5, 5.41) is 8.03. The lowest BCUT2D eigenvalue weighted by Crippen LogP contribution is -2.42. The van der Waals surface area contributed by atoms with Crippen LogP contribution in [0.2, 0.25) is 0 Å². The van der Waals surface area contributed by atoms with Gasteiger partial charge >= 0.3 is 0 Å². The molecule has 0 aromatic carbocycles. The van der Waals surface area contributed by atoms with Crippen LogP contribution in [0.5, 0.6) is 0 Å². The van der Waals surface area contributed by atoms with E-state index >= 15 is 0 Å². The van der Waals surface area contributed by atoms with Crippen molar-refractivity contribution >= 4 is 41.3 Å². The van der Waals surface area contributed by atoms with Gasteiger partial charge in [-0.05, 0) is 53.2 Å². The molecule has 2 N–H and O–H groups in total. The Labute approximate surface area is 175 Å². The lowest BCUT2D eigenvalue weighted by atomic mass is 10.2. The molecule has 0 radical (unpaired) electrons. The highest BCUT2D eigenvalue weighted by Crippen LogP contribution is 2.11. The second-order valence-electron chi connectivity index (χ2n) is 6.09. The number of aromatic nitrogens is 1. The highest BCUT2D eigenvalue weighted by atomic mass is 127. The molecule has 1 heterocycles. The molecule has 0 fully saturated rings. The third-order valence-electron chi connectivity index (χ3n) is 4.00. The number of aliphatic imine (C=N–C) groups is 1. The van der Waals surface area contributed by atoms with E-state index in [4.69, 9.17) is 0 Å². The van der Waals surface area contributed by atoms with Gasteiger partial charge in [0.15, 0.2) is 5.96 Å². The van der Waals surface area contributed by atoms with Crippen LogP contribution in [-0.2, 0) is 6.42 Å². The lowest BCUT2D eigenvalue weighted by Gasteiger charge is -2.21. The van der Waals surface area contributed by atoms with Crippen LogP contribution >= 0.6 is 35.3 Å². The second-order valence-corrected chi connectivity index (χ2v) is 7.41. The van der Waals surface area contributed by atoms with Crippen LogP contribution < -0.4 is 10.6 Å². The summed E-state index contributed by atoms with van der Waals surface area (Å²) in [6.07, 6.45) is 5.22. The molecule has 1 rings (SSSR count). The Morgan fingerprint density at radius 3 is 2.60 bits per heavy atom. The molecule has 0 saturated heterocycles. The quantitative estimate of drug-likeness (QED) is 0.288. The van der Waals surface area contributed by atoms with E-state index in [9.17, 15) is 0 Å². The van der Waals surface area contributed by atoms with Crippen molar-refractivity contribution in [2.75, 3.05) is 32.7 Å². The average molecular weight is 481 g/mol. The third-order valence-corrected chi connectivity index (χ3v) is 4.97. The van der Waals surface area contributed by atoms with Gasteiger partial charge in [0.25, 0.3) is 0 Å². The summed E-state index contributed by atoms with van der Waals surface area (Å²) in [6.45, 7) is 16.0. The van der Waals surface area contributed by atoms with Gasteiger partial charge < -0.3 is 15.5 Å². The standard InChI is InChI=1S/C18H35N5S.HI/c1-6-19-18(20-12-11-17-21-14-16(5)24-17)22-15(4)10-9-13-23(7-2)8-3;/h14-15H,6-13H2,1-5H3,(H2,19,20,22);1H. The van der Waals surface area contributed by atoms with E-state index in [1.807, 2.05) is 6.20 Å². The van der Waals surface area contributed by atoms with E-state index in [1.54, 1.807) is 11.3 Å². The predicted octanol–water partition coefficient (Wildman–Crippen LogP) is 3.68. The minimum absolute atomic E-state index is 0. The molecular weight excluding hydrogens is 445 g/mol. The number of nitrogens with zero attached hydrogens (tertiary/aromatic N) is 3. The lowest BCUT2D eigenvalue weighted by molar-refractivity contribution is 0.292. The van der Waals surface area contributed by atoms with E-state index in [0.717, 1.165) is 45.0 Å². The zero-order valence-corrected chi connectivity index (χ0v) is 19.6. The van der Waals surface area contributed by atoms with Crippen LogP contribution in [0.15, 0.2) is 11.2 Å². The van der Waals surface area contributed by atoms with Crippen LogP contribution in [0.25, 0.3) is 0 Å². The topological polar surface area (TPSA) is 52.6 Å². The zero-order valence-electron chi connectivity index (χ0n) is 16.5. The van der Waals surface area contributed by atoms with Crippen molar-refractivity contribution in [1.29, 1.82) is 0 Å². The normalized spacial score (nSPS) is 12.8. The molecule has 0 aliphatic rings. The van der Waals surface area contributed by atoms with Gasteiger partial charge in [0, 0.05) is 36.6 Å². The fraction of sp³-hybridized carbons (Fsp3) is 0.778. The minimum atomic E-state index is 0. The maximum absolute atomic E-state index is 4.68. The van der Waals surface area contributed by atoms with Crippen molar-refractivity contribution in [2.24, 2.45) is 4.99 Å². The largest absolute Gasteiger partial charge is 0.357 e. The van der Waals surface area contributed by atoms with Crippen molar-refractivity contribution in [1.82, 2.24) is 20.5 Å². The molecule has 25 heavy (non-hydrogen) atoms. The van der Waals surface area contributed by atoms with Gasteiger partial charge in [0.2, 0.25) is 0 Å². The number of nitrogens with one attached hydrogen (secondary N) is 2. The third kappa shape index (κ3) is 11.0. The number of hydrogen-bond acceptors (Lipinski definition) is 4. The maximum Gasteiger partial charge on any atom is 0.191 e. The van der Waals surface area contributed by atoms with Crippen LogP contribution in [0, 0.1) is 6.92 Å². The molecule has 0 saturated carbocycles. The summed E-state index contributed by atoms with van der Waals surface area (Å²) in [5.41, 5.74) is 0. The van der Waals surface area contributed by atoms with Crippen LogP contribution in [0.3, 0.4) is 0 Å². The van der Waals surface area contributed by atoms with Crippen LogP contribution in [0.4, 0.5) is 0 Å². The molecular formula is C18H36IN5S. The monoisotopic (exact) mass is 481 g/mol. The van der Waals surface area contributed by atoms with Crippen molar-refractivity contribution in [3.05, 3.63) is 16.1 Å². The van der Waals surface area contributed by atoms with Crippen molar-refractivity contribution < 1.29 is 0 Å². The van der Waals surface area contributed by atoms with Crippen LogP contribution in [0.1, 0.15) is 50.4 Å². The Hall–Kier alpha value is -0.410. The molecule has 1 atom stereocenters. The molecule has 146 valence electrons. The van der Waals surface area contributed by atoms with E-state index in [-0.39, 0.29) is 24.0 Å². The van der Waals surface area contributed by atoms with E-state index < -0.39 is 0 Å². The number of halogens is 1. The van der Waals surface area contributed by atoms with Crippen molar-refractivity contribution in [2.45, 2.75) is 59.9 Å². The number of hydrogen-bond donors (Lipinski definition) is 2. The highest BCUT2D eigenvalue weighted by Gasteiger charge is 2.07. The SMILES string of the molecule is CCNC(=NCCc1ncc(C)s1)NC(C)CCCN(CC)CC.I. The summed E-state index contributed by atoms with van der Waals surface area (Å²) < 4.78 is 0. The maximum atomic E-state index is 4.68. The first-order chi connectivity index (χ1) is 11.6. The Morgan fingerprint density at radius 1 is 1.32 bits per heavy atom. The fourth-order valence-corrected chi connectivity index (χ4v) is 3.34. The first-order valence-corrected chi connectivity index (χ1v) is 10.1. The van der Waals surface area contributed by atoms with Gasteiger partial charge in [-0.2, -0.15) is 0 Å². The Kier molecular flexibility index (Phi) is 14.5. The molecule has 0 bridgehead atoms. The van der Waals surface area contributed by atoms with E-state index in [1.165, 1.54) is 22.9 Å². The smallest absolute Gasteiger partial charge is 0.191 e. The Morgan fingerprint density at radius 2 is 2.04 bits per heavy atom. The summed E-state index contributed by atoms with van der Waals surface area (Å²) in [5.74, 6) is 0.918. The summed E-state index contributed by atoms with van der Waals surface area (Å²) in [6, 6.07) is 0.431. The van der Waals surface area contributed by atoms with E-state index in [2.05, 4.69) is 60.1 Å². The van der Waals surface area contributed by atoms with E-state index in [0.29, 0.717) is 6.04 Å². The van der Waals surface area contributed by atoms with Crippen molar-refractivity contribution in [3.8, 4) is 0 Å². The number of guanidine groups is 1. The molecule has 0 amide bonds. The number of rotatable bonds is 11. The first kappa shape index (κ1) is 24.6. The summed E-state index contributed by atoms with van der Waals surface area (Å²) >= 11 is 1.76. The number of thiazole rings is 1. The second kappa shape index (κ2) is 14.7. The highest BCUT2D eigenvalue weighted by molar-refractivity contribution is 14.0. The predicted molar refractivity (Wildman–Crippen MR) is 122 cm³/mol. The Balaban J connectivity index is 0.00000576. The van der Waals surface area contributed by atoms with Gasteiger partial charge in [-0.15, -0.1) is 35.3 Å². The molecule has 7 heteroatoms. The summed E-state index contributed by atoms with van der Waals surface area (Å²) in [4.78, 5) is 12.8. The van der Waals surface area contributed by atoms with Gasteiger partial charge in [0.05, 0.1) is 5.01 Å². The zero-order chi connectivity index (χ0) is 17.8. The van der Waals surface area contributed by atoms with Gasteiger partial charge in [-0.25, -0.2) is 4.98 Å². The minimum Gasteiger partial charge on any atom is -0.357 e. The molecule has 1 aromatic rings. The number of aryl methyl sites for hydroxylation is 1. The van der Waals surface area contributed by atoms with Gasteiger partial charge in [0.1, 0.15) is 0 Å². The molecule has 5 nitrogen and oxygen atoms in total. The average Bonchev–Trinajstić information content (AvgIpc) is 2.97. The van der Waals surface area contributed by atoms with Gasteiger partial charge in [-0.1, -0.05) is 13.8 Å². The molecule has 0 spiro atoms.